The average Bonchev–Trinajstić information content (AvgIpc) is 2.51. The Labute approximate surface area is 143 Å². The third kappa shape index (κ3) is 6.18. The Hall–Kier alpha value is -2.24. The standard InChI is InChI=1S/C16H13Cl2NO4/c17-11-3-1-5-13(7-11)19-15(20)9-23-16(21)10-22-14-6-2-4-12(18)8-14/h1-8H,9-10H2,(H,19,20). The van der Waals surface area contributed by atoms with E-state index in [1.165, 1.54) is 0 Å². The van der Waals surface area contributed by atoms with Gasteiger partial charge in [0.25, 0.3) is 5.91 Å². The van der Waals surface area contributed by atoms with Crippen molar-refractivity contribution in [2.45, 2.75) is 0 Å². The van der Waals surface area contributed by atoms with Gasteiger partial charge in [0.2, 0.25) is 0 Å². The molecule has 0 spiro atoms. The number of halogens is 2. The van der Waals surface area contributed by atoms with Crippen molar-refractivity contribution < 1.29 is 19.1 Å². The number of ether oxygens (including phenoxy) is 2. The highest BCUT2D eigenvalue weighted by Crippen LogP contribution is 2.17. The van der Waals surface area contributed by atoms with E-state index in [2.05, 4.69) is 5.32 Å². The van der Waals surface area contributed by atoms with E-state index in [9.17, 15) is 9.59 Å². The van der Waals surface area contributed by atoms with Gasteiger partial charge in [0, 0.05) is 15.7 Å². The molecule has 0 unspecified atom stereocenters. The second-order valence-electron chi connectivity index (χ2n) is 4.47. The third-order valence-corrected chi connectivity index (χ3v) is 3.10. The van der Waals surface area contributed by atoms with E-state index in [-0.39, 0.29) is 6.61 Å². The van der Waals surface area contributed by atoms with Crippen LogP contribution in [0.5, 0.6) is 5.75 Å². The van der Waals surface area contributed by atoms with E-state index < -0.39 is 18.5 Å². The Balaban J connectivity index is 1.72. The Kier molecular flexibility index (Phi) is 6.26. The highest BCUT2D eigenvalue weighted by atomic mass is 35.5. The molecule has 0 atom stereocenters. The van der Waals surface area contributed by atoms with Crippen LogP contribution < -0.4 is 10.1 Å². The predicted molar refractivity (Wildman–Crippen MR) is 88.0 cm³/mol. The Bertz CT molecular complexity index is 706. The fraction of sp³-hybridized carbons (Fsp3) is 0.125. The van der Waals surface area contributed by atoms with Gasteiger partial charge in [-0.15, -0.1) is 0 Å². The number of nitrogens with one attached hydrogen (secondary N) is 1. The van der Waals surface area contributed by atoms with Crippen molar-refractivity contribution in [3.63, 3.8) is 0 Å². The monoisotopic (exact) mass is 353 g/mol. The Morgan fingerprint density at radius 2 is 1.65 bits per heavy atom. The van der Waals surface area contributed by atoms with Crippen LogP contribution in [0.25, 0.3) is 0 Å². The van der Waals surface area contributed by atoms with Gasteiger partial charge in [-0.3, -0.25) is 4.79 Å². The Morgan fingerprint density at radius 3 is 2.35 bits per heavy atom. The lowest BCUT2D eigenvalue weighted by molar-refractivity contribution is -0.149. The highest BCUT2D eigenvalue weighted by Gasteiger charge is 2.09. The van der Waals surface area contributed by atoms with Crippen LogP contribution in [0.3, 0.4) is 0 Å². The molecule has 2 aromatic carbocycles. The number of amides is 1. The zero-order valence-electron chi connectivity index (χ0n) is 11.9. The molecule has 0 aromatic heterocycles. The number of hydrogen-bond donors (Lipinski definition) is 1. The summed E-state index contributed by atoms with van der Waals surface area (Å²) in [5.74, 6) is -0.688. The molecular weight excluding hydrogens is 341 g/mol. The van der Waals surface area contributed by atoms with Crippen LogP contribution in [0, 0.1) is 0 Å². The quantitative estimate of drug-likeness (QED) is 0.806. The summed E-state index contributed by atoms with van der Waals surface area (Å²) in [6, 6.07) is 13.3. The lowest BCUT2D eigenvalue weighted by Gasteiger charge is -2.08. The summed E-state index contributed by atoms with van der Waals surface area (Å²) in [7, 11) is 0. The zero-order valence-corrected chi connectivity index (χ0v) is 13.4. The molecule has 0 saturated carbocycles. The molecule has 7 heteroatoms. The molecule has 23 heavy (non-hydrogen) atoms. The van der Waals surface area contributed by atoms with Crippen LogP contribution in [-0.4, -0.2) is 25.1 Å². The lowest BCUT2D eigenvalue weighted by atomic mass is 10.3. The molecule has 0 bridgehead atoms. The summed E-state index contributed by atoms with van der Waals surface area (Å²) >= 11 is 11.6. The van der Waals surface area contributed by atoms with Gasteiger partial charge in [-0.1, -0.05) is 35.3 Å². The second kappa shape index (κ2) is 8.41. The minimum absolute atomic E-state index is 0.315. The Morgan fingerprint density at radius 1 is 0.957 bits per heavy atom. The van der Waals surface area contributed by atoms with E-state index in [1.54, 1.807) is 48.5 Å². The van der Waals surface area contributed by atoms with Gasteiger partial charge in [-0.05, 0) is 36.4 Å². The molecule has 1 N–H and O–H groups in total. The molecule has 0 saturated heterocycles. The molecule has 0 fully saturated rings. The fourth-order valence-electron chi connectivity index (χ4n) is 1.65. The molecule has 5 nitrogen and oxygen atoms in total. The molecule has 0 aliphatic carbocycles. The van der Waals surface area contributed by atoms with Crippen LogP contribution in [0.15, 0.2) is 48.5 Å². The van der Waals surface area contributed by atoms with E-state index in [1.807, 2.05) is 0 Å². The lowest BCUT2D eigenvalue weighted by Crippen LogP contribution is -2.23. The maximum absolute atomic E-state index is 11.7. The number of carbonyl (C=O) groups is 2. The number of hydrogen-bond acceptors (Lipinski definition) is 4. The number of rotatable bonds is 6. The summed E-state index contributed by atoms with van der Waals surface area (Å²) in [5, 5.41) is 3.55. The predicted octanol–water partition coefficient (Wildman–Crippen LogP) is 3.55. The van der Waals surface area contributed by atoms with Gasteiger partial charge < -0.3 is 14.8 Å². The normalized spacial score (nSPS) is 10.0. The molecule has 2 rings (SSSR count). The number of carbonyl (C=O) groups excluding carboxylic acids is 2. The van der Waals surface area contributed by atoms with Gasteiger partial charge >= 0.3 is 5.97 Å². The van der Waals surface area contributed by atoms with Gasteiger partial charge in [0.05, 0.1) is 0 Å². The molecular formula is C16H13Cl2NO4. The molecule has 120 valence electrons. The van der Waals surface area contributed by atoms with Crippen LogP contribution in [-0.2, 0) is 14.3 Å². The molecule has 0 radical (unpaired) electrons. The molecule has 0 heterocycles. The first kappa shape index (κ1) is 17.1. The number of benzene rings is 2. The number of esters is 1. The molecule has 1 amide bonds. The van der Waals surface area contributed by atoms with Crippen molar-refractivity contribution in [3.05, 3.63) is 58.6 Å². The van der Waals surface area contributed by atoms with Gasteiger partial charge in [-0.2, -0.15) is 0 Å². The van der Waals surface area contributed by atoms with Crippen molar-refractivity contribution in [2.75, 3.05) is 18.5 Å². The third-order valence-electron chi connectivity index (χ3n) is 2.63. The first-order chi connectivity index (χ1) is 11.0. The first-order valence-electron chi connectivity index (χ1n) is 6.62. The summed E-state index contributed by atoms with van der Waals surface area (Å²) in [6.07, 6.45) is 0. The van der Waals surface area contributed by atoms with Gasteiger partial charge in [0.1, 0.15) is 5.75 Å². The summed E-state index contributed by atoms with van der Waals surface area (Å²) in [5.41, 5.74) is 0.522. The van der Waals surface area contributed by atoms with Crippen molar-refractivity contribution in [2.24, 2.45) is 0 Å². The molecule has 0 aliphatic heterocycles. The largest absolute Gasteiger partial charge is 0.482 e. The van der Waals surface area contributed by atoms with E-state index in [0.29, 0.717) is 21.5 Å². The highest BCUT2D eigenvalue weighted by molar-refractivity contribution is 6.31. The number of anilines is 1. The fourth-order valence-corrected chi connectivity index (χ4v) is 2.02. The maximum atomic E-state index is 11.7. The average molecular weight is 354 g/mol. The second-order valence-corrected chi connectivity index (χ2v) is 5.34. The van der Waals surface area contributed by atoms with E-state index in [4.69, 9.17) is 32.7 Å². The minimum Gasteiger partial charge on any atom is -0.482 e. The van der Waals surface area contributed by atoms with E-state index in [0.717, 1.165) is 0 Å². The smallest absolute Gasteiger partial charge is 0.344 e. The van der Waals surface area contributed by atoms with Crippen LogP contribution in [0.2, 0.25) is 10.0 Å². The maximum Gasteiger partial charge on any atom is 0.344 e. The molecule has 0 aliphatic rings. The summed E-state index contributed by atoms with van der Waals surface area (Å²) in [4.78, 5) is 23.2. The SMILES string of the molecule is O=C(COC(=O)COc1cccc(Cl)c1)Nc1cccc(Cl)c1. The van der Waals surface area contributed by atoms with Crippen LogP contribution >= 0.6 is 23.2 Å². The minimum atomic E-state index is -0.661. The van der Waals surface area contributed by atoms with Crippen molar-refractivity contribution in [1.82, 2.24) is 0 Å². The van der Waals surface area contributed by atoms with E-state index >= 15 is 0 Å². The topological polar surface area (TPSA) is 64.6 Å². The zero-order chi connectivity index (χ0) is 16.7. The summed E-state index contributed by atoms with van der Waals surface area (Å²) in [6.45, 7) is -0.727. The van der Waals surface area contributed by atoms with Crippen LogP contribution in [0.1, 0.15) is 0 Å². The molecule has 2 aromatic rings. The van der Waals surface area contributed by atoms with Crippen molar-refractivity contribution >= 4 is 40.8 Å². The van der Waals surface area contributed by atoms with Gasteiger partial charge in [0.15, 0.2) is 13.2 Å². The summed E-state index contributed by atoms with van der Waals surface area (Å²) < 4.78 is 10.0. The van der Waals surface area contributed by atoms with Crippen molar-refractivity contribution in [1.29, 1.82) is 0 Å². The van der Waals surface area contributed by atoms with Gasteiger partial charge in [-0.25, -0.2) is 4.79 Å². The van der Waals surface area contributed by atoms with Crippen LogP contribution in [0.4, 0.5) is 5.69 Å². The van der Waals surface area contributed by atoms with Crippen molar-refractivity contribution in [3.8, 4) is 5.75 Å². The first-order valence-corrected chi connectivity index (χ1v) is 7.38.